The number of halogens is 1. The molecule has 2 heteroatoms. The highest BCUT2D eigenvalue weighted by Crippen LogP contribution is 2.24. The summed E-state index contributed by atoms with van der Waals surface area (Å²) in [4.78, 5) is 0. The summed E-state index contributed by atoms with van der Waals surface area (Å²) in [6.45, 7) is 3.89. The highest BCUT2D eigenvalue weighted by molar-refractivity contribution is 6.32. The van der Waals surface area contributed by atoms with Gasteiger partial charge in [0.2, 0.25) is 0 Å². The molecule has 0 unspecified atom stereocenters. The van der Waals surface area contributed by atoms with Gasteiger partial charge in [0, 0.05) is 10.7 Å². The summed E-state index contributed by atoms with van der Waals surface area (Å²) in [6.07, 6.45) is 0. The fraction of sp³-hybridized carbons (Fsp3) is 0.250. The van der Waals surface area contributed by atoms with Gasteiger partial charge in [-0.2, -0.15) is 0 Å². The second-order valence-electron chi connectivity index (χ2n) is 2.41. The van der Waals surface area contributed by atoms with Gasteiger partial charge in [0.15, 0.2) is 0 Å². The Bertz CT molecular complexity index is 229. The third-order valence-electron chi connectivity index (χ3n) is 1.62. The molecule has 1 nitrogen and oxygen atoms in total. The van der Waals surface area contributed by atoms with Crippen LogP contribution in [0.3, 0.4) is 0 Å². The lowest BCUT2D eigenvalue weighted by atomic mass is 10.1. The predicted molar refractivity (Wildman–Crippen MR) is 45.3 cm³/mol. The summed E-state index contributed by atoms with van der Waals surface area (Å²) in [5.41, 5.74) is 8.42. The fourth-order valence-corrected chi connectivity index (χ4v) is 1.01. The number of benzene rings is 1. The van der Waals surface area contributed by atoms with Gasteiger partial charge >= 0.3 is 0 Å². The van der Waals surface area contributed by atoms with E-state index in [9.17, 15) is 0 Å². The van der Waals surface area contributed by atoms with Crippen molar-refractivity contribution < 1.29 is 0 Å². The van der Waals surface area contributed by atoms with Gasteiger partial charge in [-0.3, -0.25) is 0 Å². The molecule has 0 atom stereocenters. The van der Waals surface area contributed by atoms with Crippen LogP contribution in [-0.4, -0.2) is 0 Å². The molecule has 0 saturated carbocycles. The first kappa shape index (κ1) is 7.42. The van der Waals surface area contributed by atoms with E-state index in [1.807, 2.05) is 26.0 Å². The summed E-state index contributed by atoms with van der Waals surface area (Å²) in [7, 11) is 0. The van der Waals surface area contributed by atoms with Crippen LogP contribution in [0.2, 0.25) is 5.02 Å². The van der Waals surface area contributed by atoms with Gasteiger partial charge in [0.1, 0.15) is 0 Å². The van der Waals surface area contributed by atoms with Crippen LogP contribution in [0.1, 0.15) is 11.1 Å². The van der Waals surface area contributed by atoms with Gasteiger partial charge in [0.05, 0.1) is 0 Å². The van der Waals surface area contributed by atoms with Crippen LogP contribution in [0.25, 0.3) is 0 Å². The topological polar surface area (TPSA) is 26.0 Å². The molecule has 0 aliphatic carbocycles. The molecule has 0 amide bonds. The minimum Gasteiger partial charge on any atom is -0.398 e. The number of nitrogens with two attached hydrogens (primary N) is 1. The maximum atomic E-state index is 5.90. The summed E-state index contributed by atoms with van der Waals surface area (Å²) >= 11 is 5.90. The van der Waals surface area contributed by atoms with Gasteiger partial charge in [0.25, 0.3) is 0 Å². The van der Waals surface area contributed by atoms with Gasteiger partial charge in [-0.05, 0) is 31.0 Å². The Morgan fingerprint density at radius 3 is 2.40 bits per heavy atom. The van der Waals surface area contributed by atoms with E-state index in [4.69, 9.17) is 17.3 Å². The van der Waals surface area contributed by atoms with E-state index in [2.05, 4.69) is 0 Å². The SMILES string of the molecule is Cc1ccc(N)c(C)c1Cl. The Kier molecular flexibility index (Phi) is 1.86. The van der Waals surface area contributed by atoms with Crippen LogP contribution in [0.15, 0.2) is 12.1 Å². The number of nitrogen functional groups attached to an aromatic ring is 1. The standard InChI is InChI=1S/C8H10ClN/c1-5-3-4-7(10)6(2)8(5)9/h3-4H,10H2,1-2H3. The maximum absolute atomic E-state index is 5.90. The minimum absolute atomic E-state index is 0.760. The quantitative estimate of drug-likeness (QED) is 0.573. The highest BCUT2D eigenvalue weighted by atomic mass is 35.5. The normalized spacial score (nSPS) is 9.90. The third kappa shape index (κ3) is 1.09. The zero-order valence-corrected chi connectivity index (χ0v) is 6.87. The van der Waals surface area contributed by atoms with Crippen molar-refractivity contribution in [1.82, 2.24) is 0 Å². The van der Waals surface area contributed by atoms with Gasteiger partial charge in [-0.25, -0.2) is 0 Å². The molecule has 1 rings (SSSR count). The Morgan fingerprint density at radius 1 is 1.30 bits per heavy atom. The largest absolute Gasteiger partial charge is 0.398 e. The number of anilines is 1. The fourth-order valence-electron chi connectivity index (χ4n) is 0.835. The van der Waals surface area contributed by atoms with Crippen LogP contribution in [0, 0.1) is 13.8 Å². The van der Waals surface area contributed by atoms with Crippen LogP contribution < -0.4 is 5.73 Å². The molecule has 0 aromatic heterocycles. The van der Waals surface area contributed by atoms with Crippen LogP contribution in [-0.2, 0) is 0 Å². The Hall–Kier alpha value is -0.690. The monoisotopic (exact) mass is 155 g/mol. The molecule has 0 radical (unpaired) electrons. The third-order valence-corrected chi connectivity index (χ3v) is 2.20. The summed E-state index contributed by atoms with van der Waals surface area (Å²) < 4.78 is 0. The van der Waals surface area contributed by atoms with Crippen molar-refractivity contribution >= 4 is 17.3 Å². The van der Waals surface area contributed by atoms with E-state index in [1.165, 1.54) is 0 Å². The van der Waals surface area contributed by atoms with Gasteiger partial charge < -0.3 is 5.73 Å². The Morgan fingerprint density at radius 2 is 1.90 bits per heavy atom. The van der Waals surface area contributed by atoms with Gasteiger partial charge in [-0.15, -0.1) is 0 Å². The molecule has 2 N–H and O–H groups in total. The number of aryl methyl sites for hydroxylation is 1. The lowest BCUT2D eigenvalue weighted by Gasteiger charge is -2.03. The molecule has 0 aliphatic rings. The minimum atomic E-state index is 0.760. The lowest BCUT2D eigenvalue weighted by molar-refractivity contribution is 1.39. The maximum Gasteiger partial charge on any atom is 0.0484 e. The van der Waals surface area contributed by atoms with Crippen molar-refractivity contribution in [2.75, 3.05) is 5.73 Å². The smallest absolute Gasteiger partial charge is 0.0484 e. The zero-order valence-electron chi connectivity index (χ0n) is 6.11. The molecule has 0 heterocycles. The molecule has 0 spiro atoms. The van der Waals surface area contributed by atoms with E-state index in [0.29, 0.717) is 0 Å². The molecule has 54 valence electrons. The molecule has 0 aliphatic heterocycles. The van der Waals surface area contributed by atoms with Crippen LogP contribution >= 0.6 is 11.6 Å². The average molecular weight is 156 g/mol. The van der Waals surface area contributed by atoms with Crippen LogP contribution in [0.5, 0.6) is 0 Å². The van der Waals surface area contributed by atoms with E-state index < -0.39 is 0 Å². The number of hydrogen-bond acceptors (Lipinski definition) is 1. The molecule has 1 aromatic carbocycles. The average Bonchev–Trinajstić information content (AvgIpc) is 1.93. The first-order chi connectivity index (χ1) is 4.63. The van der Waals surface area contributed by atoms with Crippen molar-refractivity contribution in [2.24, 2.45) is 0 Å². The highest BCUT2D eigenvalue weighted by Gasteiger charge is 2.00. The number of rotatable bonds is 0. The van der Waals surface area contributed by atoms with E-state index in [-0.39, 0.29) is 0 Å². The van der Waals surface area contributed by atoms with Crippen LogP contribution in [0.4, 0.5) is 5.69 Å². The van der Waals surface area contributed by atoms with E-state index in [0.717, 1.165) is 21.8 Å². The first-order valence-corrected chi connectivity index (χ1v) is 3.52. The summed E-state index contributed by atoms with van der Waals surface area (Å²) in [5, 5.41) is 0.778. The van der Waals surface area contributed by atoms with Gasteiger partial charge in [-0.1, -0.05) is 17.7 Å². The molecule has 0 fully saturated rings. The Labute approximate surface area is 65.8 Å². The lowest BCUT2D eigenvalue weighted by Crippen LogP contribution is -1.90. The van der Waals surface area contributed by atoms with Crippen molar-refractivity contribution in [3.05, 3.63) is 28.3 Å². The molecule has 1 aromatic rings. The van der Waals surface area contributed by atoms with Crippen molar-refractivity contribution in [2.45, 2.75) is 13.8 Å². The van der Waals surface area contributed by atoms with Crippen molar-refractivity contribution in [1.29, 1.82) is 0 Å². The van der Waals surface area contributed by atoms with Crippen molar-refractivity contribution in [3.63, 3.8) is 0 Å². The molecule has 0 bridgehead atoms. The summed E-state index contributed by atoms with van der Waals surface area (Å²) in [5.74, 6) is 0. The second-order valence-corrected chi connectivity index (χ2v) is 2.79. The first-order valence-electron chi connectivity index (χ1n) is 3.14. The molecule has 10 heavy (non-hydrogen) atoms. The van der Waals surface area contributed by atoms with E-state index in [1.54, 1.807) is 0 Å². The summed E-state index contributed by atoms with van der Waals surface area (Å²) in [6, 6.07) is 3.79. The molecule has 0 saturated heterocycles. The Balaban J connectivity index is 3.34. The van der Waals surface area contributed by atoms with Crippen molar-refractivity contribution in [3.8, 4) is 0 Å². The molecular weight excluding hydrogens is 146 g/mol. The zero-order chi connectivity index (χ0) is 7.72. The second kappa shape index (κ2) is 2.51. The molecular formula is C8H10ClN. The van der Waals surface area contributed by atoms with E-state index >= 15 is 0 Å². The number of hydrogen-bond donors (Lipinski definition) is 1. The predicted octanol–water partition coefficient (Wildman–Crippen LogP) is 2.54.